The number of ether oxygens (including phenoxy) is 1. The van der Waals surface area contributed by atoms with Crippen LogP contribution in [0, 0.1) is 6.92 Å². The van der Waals surface area contributed by atoms with Crippen LogP contribution < -0.4 is 9.64 Å². The number of hydrazone groups is 1. The zero-order chi connectivity index (χ0) is 23.1. The minimum Gasteiger partial charge on any atom is -0.497 e. The van der Waals surface area contributed by atoms with Crippen molar-refractivity contribution in [3.63, 3.8) is 0 Å². The summed E-state index contributed by atoms with van der Waals surface area (Å²) >= 11 is 19.9. The van der Waals surface area contributed by atoms with E-state index in [4.69, 9.17) is 50.3 Å². The number of aryl methyl sites for hydroxylation is 1. The number of methoxy groups -OCH3 is 1. The predicted octanol–water partition coefficient (Wildman–Crippen LogP) is 6.88. The van der Waals surface area contributed by atoms with E-state index >= 15 is 0 Å². The number of nitrogens with zero attached hydrogens (tertiary/aromatic N) is 4. The summed E-state index contributed by atoms with van der Waals surface area (Å²) in [5.41, 5.74) is 3.88. The number of thiocarbonyl (C=S) groups is 1. The first-order chi connectivity index (χ1) is 15.9. The smallest absolute Gasteiger partial charge is 0.205 e. The third kappa shape index (κ3) is 4.22. The largest absolute Gasteiger partial charge is 0.497 e. The fourth-order valence-corrected chi connectivity index (χ4v) is 5.48. The number of halogens is 2. The van der Waals surface area contributed by atoms with Crippen LogP contribution in [-0.2, 0) is 0 Å². The average Bonchev–Trinajstić information content (AvgIpc) is 3.24. The van der Waals surface area contributed by atoms with Crippen molar-refractivity contribution in [2.75, 3.05) is 12.0 Å². The number of rotatable bonds is 4. The van der Waals surface area contributed by atoms with Crippen LogP contribution in [0.15, 0.2) is 76.8 Å². The molecule has 0 fully saturated rings. The lowest BCUT2D eigenvalue weighted by molar-refractivity contribution is 0.414. The number of aliphatic imine (C=N–C) groups is 1. The number of amidine groups is 1. The quantitative estimate of drug-likeness (QED) is 0.356. The molecule has 5 nitrogen and oxygen atoms in total. The second-order valence-corrected chi connectivity index (χ2v) is 9.65. The summed E-state index contributed by atoms with van der Waals surface area (Å²) in [6.07, 6.45) is -0.347. The number of benzene rings is 3. The first-order valence-corrected chi connectivity index (χ1v) is 12.1. The second kappa shape index (κ2) is 8.99. The summed E-state index contributed by atoms with van der Waals surface area (Å²) in [6.45, 7) is 2.05. The van der Waals surface area contributed by atoms with Crippen molar-refractivity contribution in [2.45, 2.75) is 13.1 Å². The van der Waals surface area contributed by atoms with Gasteiger partial charge in [0.05, 0.1) is 12.1 Å². The molecule has 166 valence electrons. The van der Waals surface area contributed by atoms with Crippen LogP contribution in [0.2, 0.25) is 10.0 Å². The third-order valence-electron chi connectivity index (χ3n) is 5.31. The monoisotopic (exact) mass is 512 g/mol. The van der Waals surface area contributed by atoms with Crippen molar-refractivity contribution in [1.82, 2.24) is 5.01 Å². The van der Waals surface area contributed by atoms with Gasteiger partial charge in [-0.15, -0.1) is 0 Å². The van der Waals surface area contributed by atoms with Crippen LogP contribution in [0.4, 0.5) is 5.69 Å². The Morgan fingerprint density at radius 3 is 2.39 bits per heavy atom. The lowest BCUT2D eigenvalue weighted by Crippen LogP contribution is -2.47. The summed E-state index contributed by atoms with van der Waals surface area (Å²) in [4.78, 5) is 7.05. The van der Waals surface area contributed by atoms with E-state index in [2.05, 4.69) is 19.1 Å². The maximum atomic E-state index is 6.44. The summed E-state index contributed by atoms with van der Waals surface area (Å²) in [5.74, 6) is 0.784. The van der Waals surface area contributed by atoms with Crippen LogP contribution in [-0.4, -0.2) is 27.4 Å². The average molecular weight is 513 g/mol. The fraction of sp³-hybridized carbons (Fsp3) is 0.125. The SMILES string of the molecule is COc1ccc(C2N=C3SC(c4ccc(Cl)cc4Cl)=NN3C(=S)N2c2ccc(C)cc2)cc1. The van der Waals surface area contributed by atoms with Gasteiger partial charge >= 0.3 is 0 Å². The lowest BCUT2D eigenvalue weighted by Gasteiger charge is -2.38. The number of fused-ring (bicyclic) bond motifs is 1. The first-order valence-electron chi connectivity index (χ1n) is 10.1. The molecule has 33 heavy (non-hydrogen) atoms. The Balaban J connectivity index is 1.59. The molecule has 0 amide bonds. The Bertz CT molecular complexity index is 1290. The third-order valence-corrected chi connectivity index (χ3v) is 7.19. The highest BCUT2D eigenvalue weighted by Crippen LogP contribution is 2.40. The van der Waals surface area contributed by atoms with Crippen LogP contribution in [0.25, 0.3) is 0 Å². The van der Waals surface area contributed by atoms with Gasteiger partial charge in [-0.1, -0.05) is 53.0 Å². The Labute approximate surface area is 211 Å². The first kappa shape index (κ1) is 22.2. The molecular formula is C24H18Cl2N4OS2. The van der Waals surface area contributed by atoms with E-state index in [1.807, 2.05) is 47.4 Å². The molecule has 1 atom stereocenters. The summed E-state index contributed by atoms with van der Waals surface area (Å²) in [5, 5.41) is 9.51. The van der Waals surface area contributed by atoms with Gasteiger partial charge in [-0.2, -0.15) is 10.1 Å². The van der Waals surface area contributed by atoms with E-state index in [1.54, 1.807) is 24.3 Å². The van der Waals surface area contributed by atoms with Crippen molar-refractivity contribution >= 4 is 68.2 Å². The highest BCUT2D eigenvalue weighted by atomic mass is 35.5. The molecule has 2 heterocycles. The maximum Gasteiger partial charge on any atom is 0.205 e. The molecule has 9 heteroatoms. The molecule has 5 rings (SSSR count). The molecule has 3 aromatic carbocycles. The summed E-state index contributed by atoms with van der Waals surface area (Å²) in [6, 6.07) is 21.4. The Hall–Kier alpha value is -2.58. The number of thioether (sulfide) groups is 1. The molecule has 0 saturated heterocycles. The molecule has 2 aliphatic rings. The van der Waals surface area contributed by atoms with Gasteiger partial charge < -0.3 is 4.74 Å². The lowest BCUT2D eigenvalue weighted by atomic mass is 10.1. The summed E-state index contributed by atoms with van der Waals surface area (Å²) < 4.78 is 5.33. The minimum atomic E-state index is -0.347. The minimum absolute atomic E-state index is 0.347. The standard InChI is InChI=1S/C24H18Cl2N4OS2/c1-14-3-8-17(9-4-14)29-21(15-5-10-18(31-2)11-6-15)27-23-30(24(29)32)28-22(33-23)19-12-7-16(25)13-20(19)26/h3-13,21H,1-2H3. The molecule has 0 N–H and O–H groups in total. The molecule has 0 aliphatic carbocycles. The van der Waals surface area contributed by atoms with Gasteiger partial charge in [0.15, 0.2) is 11.3 Å². The van der Waals surface area contributed by atoms with Gasteiger partial charge in [0.2, 0.25) is 5.11 Å². The fourth-order valence-electron chi connectivity index (χ4n) is 3.59. The highest BCUT2D eigenvalue weighted by Gasteiger charge is 2.39. The molecule has 0 bridgehead atoms. The summed E-state index contributed by atoms with van der Waals surface area (Å²) in [7, 11) is 1.65. The molecule has 1 unspecified atom stereocenters. The van der Waals surface area contributed by atoms with Gasteiger partial charge in [-0.3, -0.25) is 4.90 Å². The molecule has 0 aromatic heterocycles. The number of anilines is 1. The van der Waals surface area contributed by atoms with Crippen molar-refractivity contribution < 1.29 is 4.74 Å². The van der Waals surface area contributed by atoms with Crippen LogP contribution in [0.3, 0.4) is 0 Å². The molecule has 2 aliphatic heterocycles. The molecule has 0 radical (unpaired) electrons. The van der Waals surface area contributed by atoms with E-state index < -0.39 is 0 Å². The highest BCUT2D eigenvalue weighted by molar-refractivity contribution is 8.27. The van der Waals surface area contributed by atoms with Crippen molar-refractivity contribution in [3.05, 3.63) is 93.5 Å². The van der Waals surface area contributed by atoms with Gasteiger partial charge in [-0.05, 0) is 78.9 Å². The molecule has 0 saturated carbocycles. The van der Waals surface area contributed by atoms with Crippen LogP contribution >= 0.6 is 47.2 Å². The maximum absolute atomic E-state index is 6.44. The predicted molar refractivity (Wildman–Crippen MR) is 142 cm³/mol. The van der Waals surface area contributed by atoms with E-state index in [0.29, 0.717) is 20.3 Å². The zero-order valence-corrected chi connectivity index (χ0v) is 20.8. The van der Waals surface area contributed by atoms with Gasteiger partial charge in [-0.25, -0.2) is 4.99 Å². The van der Waals surface area contributed by atoms with Crippen LogP contribution in [0.5, 0.6) is 5.75 Å². The van der Waals surface area contributed by atoms with Crippen molar-refractivity contribution in [3.8, 4) is 5.75 Å². The number of hydrogen-bond donors (Lipinski definition) is 0. The van der Waals surface area contributed by atoms with E-state index in [0.717, 1.165) is 27.6 Å². The molecule has 0 spiro atoms. The van der Waals surface area contributed by atoms with Gasteiger partial charge in [0, 0.05) is 16.3 Å². The number of hydrogen-bond acceptors (Lipinski definition) is 5. The van der Waals surface area contributed by atoms with Crippen LogP contribution in [0.1, 0.15) is 22.9 Å². The van der Waals surface area contributed by atoms with Crippen molar-refractivity contribution in [2.24, 2.45) is 10.1 Å². The van der Waals surface area contributed by atoms with Crippen molar-refractivity contribution in [1.29, 1.82) is 0 Å². The van der Waals surface area contributed by atoms with E-state index in [-0.39, 0.29) is 6.17 Å². The molecular weight excluding hydrogens is 495 g/mol. The Morgan fingerprint density at radius 2 is 1.73 bits per heavy atom. The Kier molecular flexibility index (Phi) is 6.05. The second-order valence-electron chi connectivity index (χ2n) is 7.49. The topological polar surface area (TPSA) is 40.4 Å². The van der Waals surface area contributed by atoms with Gasteiger partial charge in [0.25, 0.3) is 0 Å². The molecule has 3 aromatic rings. The van der Waals surface area contributed by atoms with Gasteiger partial charge in [0.1, 0.15) is 10.8 Å². The Morgan fingerprint density at radius 1 is 1.00 bits per heavy atom. The zero-order valence-electron chi connectivity index (χ0n) is 17.7. The van der Waals surface area contributed by atoms with E-state index in [1.165, 1.54) is 17.3 Å². The normalized spacial score (nSPS) is 17.6. The van der Waals surface area contributed by atoms with E-state index in [9.17, 15) is 0 Å².